The first kappa shape index (κ1) is 13.0. The van der Waals surface area contributed by atoms with Gasteiger partial charge in [0, 0.05) is 16.6 Å². The van der Waals surface area contributed by atoms with Crippen LogP contribution in [-0.2, 0) is 0 Å². The molecule has 2 N–H and O–H groups in total. The minimum Gasteiger partial charge on any atom is -0.318 e. The lowest BCUT2D eigenvalue weighted by Gasteiger charge is -2.04. The van der Waals surface area contributed by atoms with E-state index in [4.69, 9.17) is 5.73 Å². The van der Waals surface area contributed by atoms with Gasteiger partial charge in [0.05, 0.1) is 23.6 Å². The van der Waals surface area contributed by atoms with Gasteiger partial charge in [0.1, 0.15) is 5.01 Å². The molecule has 4 nitrogen and oxygen atoms in total. The molecule has 0 aliphatic carbocycles. The first-order valence-corrected chi connectivity index (χ1v) is 7.26. The number of aryl methyl sites for hydroxylation is 2. The monoisotopic (exact) mass is 284 g/mol. The van der Waals surface area contributed by atoms with Crippen LogP contribution in [0.25, 0.3) is 5.69 Å². The van der Waals surface area contributed by atoms with Gasteiger partial charge in [-0.05, 0) is 26.0 Å². The zero-order valence-electron chi connectivity index (χ0n) is 11.4. The van der Waals surface area contributed by atoms with Gasteiger partial charge in [0.25, 0.3) is 0 Å². The predicted octanol–water partition coefficient (Wildman–Crippen LogP) is 2.99. The molecule has 0 aliphatic heterocycles. The molecule has 102 valence electrons. The summed E-state index contributed by atoms with van der Waals surface area (Å²) in [4.78, 5) is 5.74. The van der Waals surface area contributed by atoms with E-state index in [-0.39, 0.29) is 6.04 Å². The van der Waals surface area contributed by atoms with Crippen LogP contribution in [0.1, 0.15) is 27.2 Å². The largest absolute Gasteiger partial charge is 0.318 e. The van der Waals surface area contributed by atoms with E-state index in [0.717, 1.165) is 22.0 Å². The van der Waals surface area contributed by atoms with Crippen molar-refractivity contribution >= 4 is 11.3 Å². The molecule has 0 bridgehead atoms. The minimum atomic E-state index is -0.218. The zero-order chi connectivity index (χ0) is 14.1. The highest BCUT2D eigenvalue weighted by Gasteiger charge is 2.16. The van der Waals surface area contributed by atoms with Crippen LogP contribution >= 0.6 is 11.3 Å². The number of thiazole rings is 1. The van der Waals surface area contributed by atoms with E-state index in [2.05, 4.69) is 17.0 Å². The van der Waals surface area contributed by atoms with Crippen LogP contribution in [0.3, 0.4) is 0 Å². The third kappa shape index (κ3) is 2.37. The van der Waals surface area contributed by atoms with Gasteiger partial charge in [-0.2, -0.15) is 5.10 Å². The van der Waals surface area contributed by atoms with Crippen LogP contribution in [0.15, 0.2) is 42.7 Å². The normalized spacial score (nSPS) is 12.6. The van der Waals surface area contributed by atoms with Gasteiger partial charge in [-0.15, -0.1) is 11.3 Å². The lowest BCUT2D eigenvalue weighted by atomic mass is 10.2. The Morgan fingerprint density at radius 1 is 1.20 bits per heavy atom. The highest BCUT2D eigenvalue weighted by atomic mass is 32.1. The molecule has 1 unspecified atom stereocenters. The Morgan fingerprint density at radius 3 is 2.60 bits per heavy atom. The molecular formula is C15H16N4S. The third-order valence-electron chi connectivity index (χ3n) is 3.29. The molecule has 3 aromatic rings. The number of rotatable bonds is 3. The Bertz CT molecular complexity index is 695. The maximum absolute atomic E-state index is 6.28. The molecule has 2 heterocycles. The summed E-state index contributed by atoms with van der Waals surface area (Å²) < 4.78 is 1.84. The number of nitrogens with zero attached hydrogens (tertiary/aromatic N) is 3. The Kier molecular flexibility index (Phi) is 3.38. The smallest absolute Gasteiger partial charge is 0.115 e. The highest BCUT2D eigenvalue weighted by Crippen LogP contribution is 2.26. The number of aromatic nitrogens is 3. The lowest BCUT2D eigenvalue weighted by molar-refractivity contribution is 0.847. The van der Waals surface area contributed by atoms with Crippen molar-refractivity contribution in [3.05, 3.63) is 63.9 Å². The average Bonchev–Trinajstić information content (AvgIpc) is 3.07. The maximum Gasteiger partial charge on any atom is 0.115 e. The average molecular weight is 284 g/mol. The summed E-state index contributed by atoms with van der Waals surface area (Å²) in [6.07, 6.45) is 3.77. The molecule has 0 spiro atoms. The van der Waals surface area contributed by atoms with Gasteiger partial charge in [0.15, 0.2) is 0 Å². The quantitative estimate of drug-likeness (QED) is 0.804. The SMILES string of the molecule is Cc1nc(C(N)c2cnn(-c3ccccc3)c2)sc1C. The van der Waals surface area contributed by atoms with Gasteiger partial charge in [-0.1, -0.05) is 18.2 Å². The summed E-state index contributed by atoms with van der Waals surface area (Å²) in [5, 5.41) is 5.31. The number of benzene rings is 1. The van der Waals surface area contributed by atoms with Crippen molar-refractivity contribution < 1.29 is 0 Å². The molecule has 1 atom stereocenters. The second-order valence-electron chi connectivity index (χ2n) is 4.73. The summed E-state index contributed by atoms with van der Waals surface area (Å²) in [7, 11) is 0. The van der Waals surface area contributed by atoms with Gasteiger partial charge in [-0.25, -0.2) is 9.67 Å². The van der Waals surface area contributed by atoms with Crippen molar-refractivity contribution in [2.75, 3.05) is 0 Å². The first-order chi connectivity index (χ1) is 9.65. The van der Waals surface area contributed by atoms with Crippen molar-refractivity contribution in [2.45, 2.75) is 19.9 Å². The van der Waals surface area contributed by atoms with Crippen molar-refractivity contribution in [1.82, 2.24) is 14.8 Å². The molecule has 20 heavy (non-hydrogen) atoms. The summed E-state index contributed by atoms with van der Waals surface area (Å²) in [5.74, 6) is 0. The van der Waals surface area contributed by atoms with E-state index < -0.39 is 0 Å². The van der Waals surface area contributed by atoms with E-state index in [1.54, 1.807) is 11.3 Å². The Hall–Kier alpha value is -1.98. The minimum absolute atomic E-state index is 0.218. The van der Waals surface area contributed by atoms with Crippen molar-refractivity contribution in [3.63, 3.8) is 0 Å². The Balaban J connectivity index is 1.90. The summed E-state index contributed by atoms with van der Waals surface area (Å²) >= 11 is 1.65. The third-order valence-corrected chi connectivity index (χ3v) is 4.45. The first-order valence-electron chi connectivity index (χ1n) is 6.44. The molecule has 0 saturated carbocycles. The van der Waals surface area contributed by atoms with Crippen LogP contribution in [0.2, 0.25) is 0 Å². The van der Waals surface area contributed by atoms with Gasteiger partial charge < -0.3 is 5.73 Å². The Labute approximate surface area is 121 Å². The molecule has 1 aromatic carbocycles. The van der Waals surface area contributed by atoms with Crippen LogP contribution in [0.4, 0.5) is 0 Å². The summed E-state index contributed by atoms with van der Waals surface area (Å²) in [6.45, 7) is 4.08. The van der Waals surface area contributed by atoms with E-state index in [1.807, 2.05) is 54.3 Å². The fourth-order valence-electron chi connectivity index (χ4n) is 1.99. The van der Waals surface area contributed by atoms with Gasteiger partial charge in [0.2, 0.25) is 0 Å². The van der Waals surface area contributed by atoms with E-state index >= 15 is 0 Å². The van der Waals surface area contributed by atoms with Crippen LogP contribution < -0.4 is 5.73 Å². The number of hydrogen-bond donors (Lipinski definition) is 1. The van der Waals surface area contributed by atoms with Gasteiger partial charge >= 0.3 is 0 Å². The standard InChI is InChI=1S/C15H16N4S/c1-10-11(2)20-15(18-10)14(16)12-8-17-19(9-12)13-6-4-3-5-7-13/h3-9,14H,16H2,1-2H3. The maximum atomic E-state index is 6.28. The molecule has 2 aromatic heterocycles. The summed E-state index contributed by atoms with van der Waals surface area (Å²) in [5.41, 5.74) is 9.34. The predicted molar refractivity (Wildman–Crippen MR) is 81.2 cm³/mol. The fourth-order valence-corrected chi connectivity index (χ4v) is 2.95. The molecule has 0 fully saturated rings. The second kappa shape index (κ2) is 5.19. The van der Waals surface area contributed by atoms with Crippen LogP contribution in [-0.4, -0.2) is 14.8 Å². The molecule has 5 heteroatoms. The second-order valence-corrected chi connectivity index (χ2v) is 5.96. The number of para-hydroxylation sites is 1. The highest BCUT2D eigenvalue weighted by molar-refractivity contribution is 7.11. The van der Waals surface area contributed by atoms with Crippen LogP contribution in [0, 0.1) is 13.8 Å². The number of nitrogens with two attached hydrogens (primary N) is 1. The molecule has 0 radical (unpaired) electrons. The van der Waals surface area contributed by atoms with E-state index in [0.29, 0.717) is 0 Å². The van der Waals surface area contributed by atoms with E-state index in [1.165, 1.54) is 4.88 Å². The molecule has 0 saturated heterocycles. The van der Waals surface area contributed by atoms with Crippen molar-refractivity contribution in [1.29, 1.82) is 0 Å². The van der Waals surface area contributed by atoms with Crippen LogP contribution in [0.5, 0.6) is 0 Å². The zero-order valence-corrected chi connectivity index (χ0v) is 12.3. The molecular weight excluding hydrogens is 268 g/mol. The topological polar surface area (TPSA) is 56.7 Å². The van der Waals surface area contributed by atoms with Gasteiger partial charge in [-0.3, -0.25) is 0 Å². The Morgan fingerprint density at radius 2 is 1.95 bits per heavy atom. The molecule has 0 amide bonds. The number of hydrogen-bond acceptors (Lipinski definition) is 4. The molecule has 3 rings (SSSR count). The van der Waals surface area contributed by atoms with E-state index in [9.17, 15) is 0 Å². The summed E-state index contributed by atoms with van der Waals surface area (Å²) in [6, 6.07) is 9.78. The molecule has 0 aliphatic rings. The van der Waals surface area contributed by atoms with Crippen molar-refractivity contribution in [2.24, 2.45) is 5.73 Å². The van der Waals surface area contributed by atoms with Crippen molar-refractivity contribution in [3.8, 4) is 5.69 Å². The fraction of sp³-hybridized carbons (Fsp3) is 0.200. The lowest BCUT2D eigenvalue weighted by Crippen LogP contribution is -2.10.